The number of nitrogens with zero attached hydrogens (tertiary/aromatic N) is 3. The van der Waals surface area contributed by atoms with E-state index >= 15 is 0 Å². The fraction of sp³-hybridized carbons (Fsp3) is 0.350. The number of aromatic nitrogens is 2. The Morgan fingerprint density at radius 3 is 2.50 bits per heavy atom. The number of imidazole rings is 1. The summed E-state index contributed by atoms with van der Waals surface area (Å²) in [6.45, 7) is 7.08. The van der Waals surface area contributed by atoms with Crippen molar-refractivity contribution in [2.24, 2.45) is 0 Å². The molecule has 0 N–H and O–H groups in total. The van der Waals surface area contributed by atoms with Gasteiger partial charge in [0, 0.05) is 31.0 Å². The second kappa shape index (κ2) is 7.60. The monoisotopic (exact) mass is 371 g/mol. The zero-order valence-corrected chi connectivity index (χ0v) is 16.3. The molecule has 0 aliphatic heterocycles. The van der Waals surface area contributed by atoms with Gasteiger partial charge in [-0.2, -0.15) is 4.31 Å². The number of aryl methyl sites for hydroxylation is 1. The number of hydrogen-bond donors (Lipinski definition) is 0. The Kier molecular flexibility index (Phi) is 5.44. The fourth-order valence-corrected chi connectivity index (χ4v) is 4.71. The van der Waals surface area contributed by atoms with Crippen LogP contribution < -0.4 is 0 Å². The van der Waals surface area contributed by atoms with Gasteiger partial charge >= 0.3 is 0 Å². The molecule has 0 aliphatic rings. The van der Waals surface area contributed by atoms with Gasteiger partial charge in [-0.3, -0.25) is 0 Å². The molecule has 0 radical (unpaired) electrons. The number of benzene rings is 1. The average molecular weight is 372 g/mol. The zero-order valence-electron chi connectivity index (χ0n) is 15.5. The maximum absolute atomic E-state index is 13.0. The largest absolute Gasteiger partial charge is 0.306 e. The maximum Gasteiger partial charge on any atom is 0.243 e. The first-order chi connectivity index (χ1) is 12.5. The predicted octanol–water partition coefficient (Wildman–Crippen LogP) is 4.12. The fourth-order valence-electron chi connectivity index (χ4n) is 3.04. The molecule has 138 valence electrons. The van der Waals surface area contributed by atoms with Crippen molar-refractivity contribution in [2.75, 3.05) is 13.1 Å². The van der Waals surface area contributed by atoms with Gasteiger partial charge in [0.25, 0.3) is 0 Å². The van der Waals surface area contributed by atoms with Crippen LogP contribution in [0.3, 0.4) is 0 Å². The van der Waals surface area contributed by atoms with Crippen molar-refractivity contribution in [3.05, 3.63) is 54.4 Å². The molecular weight excluding hydrogens is 346 g/mol. The first kappa shape index (κ1) is 18.6. The van der Waals surface area contributed by atoms with Crippen LogP contribution in [-0.4, -0.2) is 35.2 Å². The van der Waals surface area contributed by atoms with Gasteiger partial charge in [-0.15, -0.1) is 0 Å². The summed E-state index contributed by atoms with van der Waals surface area (Å²) in [5.41, 5.74) is 3.57. The van der Waals surface area contributed by atoms with Crippen LogP contribution in [0.25, 0.3) is 16.9 Å². The smallest absolute Gasteiger partial charge is 0.243 e. The molecule has 0 saturated carbocycles. The highest BCUT2D eigenvalue weighted by atomic mass is 32.2. The Morgan fingerprint density at radius 2 is 1.81 bits per heavy atom. The summed E-state index contributed by atoms with van der Waals surface area (Å²) in [5.74, 6) is 0. The standard InChI is InChI=1S/C20H25N3O2S/c1-4-10-23(11-5-2)26(24,25)18-8-6-7-17(14-18)19-15-22-12-9-16(3)13-20(22)21-19/h6-9,12-15H,4-5,10-11H2,1-3H3. The number of hydrogen-bond acceptors (Lipinski definition) is 3. The summed E-state index contributed by atoms with van der Waals surface area (Å²) >= 11 is 0. The van der Waals surface area contributed by atoms with E-state index in [-0.39, 0.29) is 0 Å². The van der Waals surface area contributed by atoms with Crippen LogP contribution in [0, 0.1) is 6.92 Å². The summed E-state index contributed by atoms with van der Waals surface area (Å²) in [4.78, 5) is 4.96. The van der Waals surface area contributed by atoms with E-state index in [0.29, 0.717) is 18.0 Å². The third-order valence-corrected chi connectivity index (χ3v) is 6.22. The zero-order chi connectivity index (χ0) is 18.7. The van der Waals surface area contributed by atoms with Gasteiger partial charge in [0.15, 0.2) is 0 Å². The molecule has 0 amide bonds. The van der Waals surface area contributed by atoms with E-state index < -0.39 is 10.0 Å². The van der Waals surface area contributed by atoms with Crippen LogP contribution in [0.1, 0.15) is 32.3 Å². The van der Waals surface area contributed by atoms with E-state index in [1.807, 2.05) is 55.8 Å². The lowest BCUT2D eigenvalue weighted by atomic mass is 10.2. The Balaban J connectivity index is 2.01. The van der Waals surface area contributed by atoms with E-state index in [1.54, 1.807) is 22.5 Å². The molecule has 0 spiro atoms. The second-order valence-electron chi connectivity index (χ2n) is 6.53. The Hall–Kier alpha value is -2.18. The van der Waals surface area contributed by atoms with Gasteiger partial charge < -0.3 is 4.40 Å². The minimum atomic E-state index is -3.49. The molecule has 1 aromatic carbocycles. The molecule has 0 bridgehead atoms. The molecule has 6 heteroatoms. The number of rotatable bonds is 7. The number of pyridine rings is 1. The highest BCUT2D eigenvalue weighted by Gasteiger charge is 2.23. The highest BCUT2D eigenvalue weighted by molar-refractivity contribution is 7.89. The molecule has 0 atom stereocenters. The van der Waals surface area contributed by atoms with Crippen LogP contribution in [0.15, 0.2) is 53.7 Å². The van der Waals surface area contributed by atoms with Crippen molar-refractivity contribution in [3.8, 4) is 11.3 Å². The van der Waals surface area contributed by atoms with Crippen LogP contribution in [0.2, 0.25) is 0 Å². The van der Waals surface area contributed by atoms with Crippen LogP contribution >= 0.6 is 0 Å². The molecule has 2 heterocycles. The first-order valence-corrected chi connectivity index (χ1v) is 10.5. The van der Waals surface area contributed by atoms with Gasteiger partial charge in [-0.25, -0.2) is 13.4 Å². The SMILES string of the molecule is CCCN(CCC)S(=O)(=O)c1cccc(-c2cn3ccc(C)cc3n2)c1. The van der Waals surface area contributed by atoms with Crippen molar-refractivity contribution < 1.29 is 8.42 Å². The van der Waals surface area contributed by atoms with E-state index in [2.05, 4.69) is 4.98 Å². The molecule has 3 rings (SSSR count). The van der Waals surface area contributed by atoms with Crippen molar-refractivity contribution in [1.82, 2.24) is 13.7 Å². The van der Waals surface area contributed by atoms with Crippen molar-refractivity contribution in [1.29, 1.82) is 0 Å². The molecule has 2 aromatic heterocycles. The Morgan fingerprint density at radius 1 is 1.08 bits per heavy atom. The summed E-state index contributed by atoms with van der Waals surface area (Å²) in [6, 6.07) is 11.1. The minimum Gasteiger partial charge on any atom is -0.306 e. The Bertz CT molecular complexity index is 1000. The van der Waals surface area contributed by atoms with Crippen molar-refractivity contribution >= 4 is 15.7 Å². The molecule has 5 nitrogen and oxygen atoms in total. The number of fused-ring (bicyclic) bond motifs is 1. The van der Waals surface area contributed by atoms with Gasteiger partial charge in [-0.1, -0.05) is 26.0 Å². The molecule has 0 saturated heterocycles. The van der Waals surface area contributed by atoms with Gasteiger partial charge in [-0.05, 0) is 49.6 Å². The summed E-state index contributed by atoms with van der Waals surface area (Å²) in [5, 5.41) is 0. The summed E-state index contributed by atoms with van der Waals surface area (Å²) in [6.07, 6.45) is 5.48. The number of sulfonamides is 1. The van der Waals surface area contributed by atoms with Crippen LogP contribution in [-0.2, 0) is 10.0 Å². The third-order valence-electron chi connectivity index (χ3n) is 4.33. The minimum absolute atomic E-state index is 0.324. The maximum atomic E-state index is 13.0. The summed E-state index contributed by atoms with van der Waals surface area (Å²) in [7, 11) is -3.49. The van der Waals surface area contributed by atoms with Crippen molar-refractivity contribution in [3.63, 3.8) is 0 Å². The van der Waals surface area contributed by atoms with Gasteiger partial charge in [0.05, 0.1) is 10.6 Å². The topological polar surface area (TPSA) is 54.7 Å². The first-order valence-electron chi connectivity index (χ1n) is 9.01. The average Bonchev–Trinajstić information content (AvgIpc) is 3.05. The highest BCUT2D eigenvalue weighted by Crippen LogP contribution is 2.24. The van der Waals surface area contributed by atoms with E-state index in [9.17, 15) is 8.42 Å². The van der Waals surface area contributed by atoms with Gasteiger partial charge in [0.1, 0.15) is 5.65 Å². The second-order valence-corrected chi connectivity index (χ2v) is 8.47. The Labute approximate surface area is 155 Å². The molecular formula is C20H25N3O2S. The lowest BCUT2D eigenvalue weighted by Gasteiger charge is -2.21. The molecule has 0 unspecified atom stereocenters. The van der Waals surface area contributed by atoms with E-state index in [0.717, 1.165) is 35.3 Å². The van der Waals surface area contributed by atoms with Crippen LogP contribution in [0.4, 0.5) is 0 Å². The van der Waals surface area contributed by atoms with E-state index in [1.165, 1.54) is 0 Å². The molecule has 0 aliphatic carbocycles. The quantitative estimate of drug-likeness (QED) is 0.628. The predicted molar refractivity (Wildman–Crippen MR) is 105 cm³/mol. The molecule has 3 aromatic rings. The molecule has 26 heavy (non-hydrogen) atoms. The molecule has 0 fully saturated rings. The summed E-state index contributed by atoms with van der Waals surface area (Å²) < 4.78 is 29.5. The lowest BCUT2D eigenvalue weighted by molar-refractivity contribution is 0.410. The normalized spacial score (nSPS) is 12.2. The van der Waals surface area contributed by atoms with Crippen LogP contribution in [0.5, 0.6) is 0 Å². The third kappa shape index (κ3) is 3.66. The van der Waals surface area contributed by atoms with Crippen molar-refractivity contribution in [2.45, 2.75) is 38.5 Å². The van der Waals surface area contributed by atoms with Gasteiger partial charge in [0.2, 0.25) is 10.0 Å². The lowest BCUT2D eigenvalue weighted by Crippen LogP contribution is -2.32. The van der Waals surface area contributed by atoms with E-state index in [4.69, 9.17) is 0 Å².